The van der Waals surface area contributed by atoms with Gasteiger partial charge in [0.2, 0.25) is 0 Å². The highest BCUT2D eigenvalue weighted by molar-refractivity contribution is 5.87. The van der Waals surface area contributed by atoms with Crippen molar-refractivity contribution in [3.8, 4) is 0 Å². The third kappa shape index (κ3) is 1.92. The van der Waals surface area contributed by atoms with Gasteiger partial charge in [0, 0.05) is 29.7 Å². The summed E-state index contributed by atoms with van der Waals surface area (Å²) in [6.45, 7) is 10.3. The highest BCUT2D eigenvalue weighted by atomic mass is 16.6. The lowest BCUT2D eigenvalue weighted by Gasteiger charge is -2.49. The molecule has 4 rings (SSSR count). The molecule has 2 heterocycles. The molecule has 2 aliphatic carbocycles. The van der Waals surface area contributed by atoms with Crippen LogP contribution in [0.3, 0.4) is 0 Å². The highest BCUT2D eigenvalue weighted by Gasteiger charge is 2.74. The van der Waals surface area contributed by atoms with Crippen LogP contribution in [0.1, 0.15) is 51.0 Å². The summed E-state index contributed by atoms with van der Waals surface area (Å²) < 4.78 is 17.9. The van der Waals surface area contributed by atoms with Gasteiger partial charge in [0.15, 0.2) is 0 Å². The van der Waals surface area contributed by atoms with Crippen LogP contribution in [0.5, 0.6) is 0 Å². The molecule has 0 N–H and O–H groups in total. The maximum atomic E-state index is 12.2. The fourth-order valence-electron chi connectivity index (χ4n) is 4.85. The molecule has 1 saturated heterocycles. The van der Waals surface area contributed by atoms with Crippen molar-refractivity contribution < 1.29 is 18.7 Å². The van der Waals surface area contributed by atoms with E-state index in [1.165, 1.54) is 11.1 Å². The number of fused-ring (bicyclic) bond motifs is 1. The number of epoxide rings is 1. The van der Waals surface area contributed by atoms with Gasteiger partial charge in [-0.3, -0.25) is 0 Å². The number of esters is 1. The quantitative estimate of drug-likeness (QED) is 0.471. The highest BCUT2D eigenvalue weighted by Crippen LogP contribution is 2.65. The molecule has 1 aliphatic heterocycles. The first-order chi connectivity index (χ1) is 11.3. The molecule has 130 valence electrons. The molecule has 1 aromatic heterocycles. The summed E-state index contributed by atoms with van der Waals surface area (Å²) in [6, 6.07) is 0. The van der Waals surface area contributed by atoms with Crippen molar-refractivity contribution in [3.05, 3.63) is 34.8 Å². The van der Waals surface area contributed by atoms with Crippen LogP contribution in [-0.4, -0.2) is 23.8 Å². The minimum Gasteiger partial charge on any atom is -0.469 e. The molecule has 1 spiro atoms. The maximum Gasteiger partial charge on any atom is 0.333 e. The monoisotopic (exact) mass is 330 g/mol. The van der Waals surface area contributed by atoms with E-state index < -0.39 is 0 Å². The molecule has 0 aromatic carbocycles. The molecule has 0 unspecified atom stereocenters. The Kier molecular flexibility index (Phi) is 3.31. The van der Waals surface area contributed by atoms with Crippen molar-refractivity contribution in [2.45, 2.75) is 71.7 Å². The predicted molar refractivity (Wildman–Crippen MR) is 89.7 cm³/mol. The van der Waals surface area contributed by atoms with Gasteiger partial charge in [-0.15, -0.1) is 0 Å². The van der Waals surface area contributed by atoms with Crippen LogP contribution in [-0.2, 0) is 27.1 Å². The fourth-order valence-corrected chi connectivity index (χ4v) is 4.85. The predicted octanol–water partition coefficient (Wildman–Crippen LogP) is 3.75. The fraction of sp³-hybridized carbons (Fsp3) is 0.650. The zero-order chi connectivity index (χ0) is 17.3. The van der Waals surface area contributed by atoms with E-state index in [-0.39, 0.29) is 35.1 Å². The number of furan rings is 1. The Morgan fingerprint density at radius 3 is 2.88 bits per heavy atom. The number of hydrogen-bond donors (Lipinski definition) is 0. The van der Waals surface area contributed by atoms with Crippen LogP contribution in [0.4, 0.5) is 0 Å². The molecule has 0 bridgehead atoms. The Bertz CT molecular complexity index is 730. The summed E-state index contributed by atoms with van der Waals surface area (Å²) in [7, 11) is 0. The van der Waals surface area contributed by atoms with Gasteiger partial charge in [0.25, 0.3) is 0 Å². The number of allylic oxidation sites excluding steroid dienone is 1. The molecule has 1 saturated carbocycles. The van der Waals surface area contributed by atoms with E-state index in [0.29, 0.717) is 5.57 Å². The smallest absolute Gasteiger partial charge is 0.333 e. The van der Waals surface area contributed by atoms with Crippen molar-refractivity contribution >= 4 is 5.97 Å². The van der Waals surface area contributed by atoms with Crippen LogP contribution in [0, 0.1) is 18.3 Å². The lowest BCUT2D eigenvalue weighted by Crippen LogP contribution is -2.56. The van der Waals surface area contributed by atoms with Gasteiger partial charge in [-0.1, -0.05) is 19.9 Å². The summed E-state index contributed by atoms with van der Waals surface area (Å²) >= 11 is 0. The summed E-state index contributed by atoms with van der Waals surface area (Å²) in [6.07, 6.45) is 6.30. The second-order valence-corrected chi connectivity index (χ2v) is 8.03. The number of aryl methyl sites for hydroxylation is 1. The number of ether oxygens (including phenoxy) is 2. The number of carbonyl (C=O) groups excluding carboxylic acids is 1. The molecule has 4 nitrogen and oxygen atoms in total. The first-order valence-corrected chi connectivity index (χ1v) is 8.90. The number of hydrogen-bond acceptors (Lipinski definition) is 4. The minimum atomic E-state index is -0.206. The van der Waals surface area contributed by atoms with Crippen LogP contribution in [0.25, 0.3) is 0 Å². The van der Waals surface area contributed by atoms with Crippen LogP contribution >= 0.6 is 0 Å². The van der Waals surface area contributed by atoms with Crippen LogP contribution in [0.15, 0.2) is 22.3 Å². The van der Waals surface area contributed by atoms with Crippen molar-refractivity contribution in [3.63, 3.8) is 0 Å². The van der Waals surface area contributed by atoms with E-state index in [9.17, 15) is 4.79 Å². The maximum absolute atomic E-state index is 12.2. The Labute approximate surface area is 143 Å². The standard InChI is InChI=1S/C20H26O4/c1-6-11(2)18(21)23-15-7-17-20(24-17)9-16-14(12(3)10-22-16)8-19(20,5)13(15)4/h6,10,13,15,17H,7-9H2,1-5H3/t13-,15-,17+,19+,20+/m0/s1. The summed E-state index contributed by atoms with van der Waals surface area (Å²) in [5.41, 5.74) is 3.03. The zero-order valence-electron chi connectivity index (χ0n) is 15.1. The van der Waals surface area contributed by atoms with E-state index in [0.717, 1.165) is 25.0 Å². The second-order valence-electron chi connectivity index (χ2n) is 8.03. The van der Waals surface area contributed by atoms with Gasteiger partial charge in [0.05, 0.1) is 12.4 Å². The van der Waals surface area contributed by atoms with Gasteiger partial charge in [-0.05, 0) is 38.3 Å². The largest absolute Gasteiger partial charge is 0.469 e. The molecule has 1 aromatic rings. The van der Waals surface area contributed by atoms with E-state index in [4.69, 9.17) is 13.9 Å². The first kappa shape index (κ1) is 15.9. The van der Waals surface area contributed by atoms with Crippen molar-refractivity contribution in [1.29, 1.82) is 0 Å². The van der Waals surface area contributed by atoms with Crippen molar-refractivity contribution in [2.75, 3.05) is 0 Å². The summed E-state index contributed by atoms with van der Waals surface area (Å²) in [5.74, 6) is 1.12. The van der Waals surface area contributed by atoms with Gasteiger partial charge in [-0.25, -0.2) is 4.79 Å². The zero-order valence-corrected chi connectivity index (χ0v) is 15.1. The van der Waals surface area contributed by atoms with E-state index in [1.807, 2.05) is 13.2 Å². The molecule has 24 heavy (non-hydrogen) atoms. The van der Waals surface area contributed by atoms with Crippen molar-refractivity contribution in [2.24, 2.45) is 11.3 Å². The van der Waals surface area contributed by atoms with E-state index >= 15 is 0 Å². The van der Waals surface area contributed by atoms with Gasteiger partial charge in [0.1, 0.15) is 17.5 Å². The third-order valence-electron chi connectivity index (χ3n) is 6.96. The van der Waals surface area contributed by atoms with E-state index in [2.05, 4.69) is 20.8 Å². The summed E-state index contributed by atoms with van der Waals surface area (Å²) in [4.78, 5) is 12.2. The third-order valence-corrected chi connectivity index (χ3v) is 6.96. The molecular weight excluding hydrogens is 304 g/mol. The molecule has 3 aliphatic rings. The minimum absolute atomic E-state index is 0.0354. The lowest BCUT2D eigenvalue weighted by molar-refractivity contribution is -0.153. The van der Waals surface area contributed by atoms with Gasteiger partial charge >= 0.3 is 5.97 Å². The average Bonchev–Trinajstić information content (AvgIpc) is 3.16. The Morgan fingerprint density at radius 1 is 1.42 bits per heavy atom. The number of rotatable bonds is 2. The van der Waals surface area contributed by atoms with Gasteiger partial charge in [-0.2, -0.15) is 0 Å². The van der Waals surface area contributed by atoms with Gasteiger partial charge < -0.3 is 13.9 Å². The first-order valence-electron chi connectivity index (χ1n) is 8.90. The Morgan fingerprint density at radius 2 is 2.17 bits per heavy atom. The SMILES string of the molecule is CC=C(C)C(=O)O[C@H]1C[C@H]2O[C@]23Cc2occ(C)c2C[C@]3(C)[C@H]1C. The number of carbonyl (C=O) groups is 1. The molecular formula is C20H26O4. The molecule has 0 radical (unpaired) electrons. The Hall–Kier alpha value is -1.55. The van der Waals surface area contributed by atoms with E-state index in [1.54, 1.807) is 13.0 Å². The molecule has 5 atom stereocenters. The summed E-state index contributed by atoms with van der Waals surface area (Å²) in [5, 5.41) is 0. The Balaban J connectivity index is 1.64. The van der Waals surface area contributed by atoms with Crippen LogP contribution in [0.2, 0.25) is 0 Å². The molecule has 0 amide bonds. The average molecular weight is 330 g/mol. The van der Waals surface area contributed by atoms with Crippen LogP contribution < -0.4 is 0 Å². The topological polar surface area (TPSA) is 52.0 Å². The second kappa shape index (κ2) is 4.98. The molecule has 4 heteroatoms. The van der Waals surface area contributed by atoms with Crippen molar-refractivity contribution in [1.82, 2.24) is 0 Å². The molecule has 2 fully saturated rings. The lowest BCUT2D eigenvalue weighted by atomic mass is 9.54. The normalized spacial score (nSPS) is 40.4.